The first-order valence-electron chi connectivity index (χ1n) is 9.54. The molecule has 3 rings (SSSR count). The molecule has 0 bridgehead atoms. The Labute approximate surface area is 198 Å². The standard InChI is InChI=1S/C21H20ClN5O5S/c1-27-17(10-23-19(29)12-3-6-14(32-2)7-4-12)25-26-21(27)33-11-18(28)24-16-9-13(20(30)31)5-8-15(16)22/h3-9H,10-11H2,1-2H3,(H,23,29)(H,24,28)(H,30,31). The molecule has 0 unspecified atom stereocenters. The highest BCUT2D eigenvalue weighted by Gasteiger charge is 2.15. The zero-order chi connectivity index (χ0) is 24.0. The summed E-state index contributed by atoms with van der Waals surface area (Å²) in [6.45, 7) is 0.151. The molecule has 0 radical (unpaired) electrons. The molecule has 2 amide bonds. The predicted octanol–water partition coefficient (Wildman–Crippen LogP) is 2.84. The minimum atomic E-state index is -1.12. The van der Waals surface area contributed by atoms with E-state index in [1.807, 2.05) is 0 Å². The number of thioether (sulfide) groups is 1. The molecule has 1 heterocycles. The summed E-state index contributed by atoms with van der Waals surface area (Å²) in [5, 5.41) is 23.2. The minimum Gasteiger partial charge on any atom is -0.497 e. The second kappa shape index (κ2) is 10.8. The highest BCUT2D eigenvalue weighted by atomic mass is 35.5. The average molecular weight is 490 g/mol. The fraction of sp³-hybridized carbons (Fsp3) is 0.190. The zero-order valence-corrected chi connectivity index (χ0v) is 19.2. The lowest BCUT2D eigenvalue weighted by Gasteiger charge is -2.08. The number of carbonyl (C=O) groups excluding carboxylic acids is 2. The van der Waals surface area contributed by atoms with Crippen LogP contribution in [-0.2, 0) is 18.4 Å². The summed E-state index contributed by atoms with van der Waals surface area (Å²) < 4.78 is 6.75. The van der Waals surface area contributed by atoms with Gasteiger partial charge in [0.05, 0.1) is 35.7 Å². The summed E-state index contributed by atoms with van der Waals surface area (Å²) in [5.74, 6) is -0.615. The molecule has 172 valence electrons. The Kier molecular flexibility index (Phi) is 7.91. The van der Waals surface area contributed by atoms with Crippen molar-refractivity contribution in [2.75, 3.05) is 18.2 Å². The molecular formula is C21H20ClN5O5S. The fourth-order valence-corrected chi connectivity index (χ4v) is 3.59. The maximum absolute atomic E-state index is 12.3. The quantitative estimate of drug-likeness (QED) is 0.390. The lowest BCUT2D eigenvalue weighted by atomic mass is 10.2. The molecule has 0 atom stereocenters. The van der Waals surface area contributed by atoms with E-state index in [0.29, 0.717) is 22.3 Å². The maximum atomic E-state index is 12.3. The molecule has 0 aliphatic heterocycles. The molecule has 0 fully saturated rings. The van der Waals surface area contributed by atoms with E-state index in [-0.39, 0.29) is 40.4 Å². The van der Waals surface area contributed by atoms with Gasteiger partial charge in [0.1, 0.15) is 5.75 Å². The van der Waals surface area contributed by atoms with Gasteiger partial charge in [-0.2, -0.15) is 0 Å². The normalized spacial score (nSPS) is 10.5. The Morgan fingerprint density at radius 3 is 2.48 bits per heavy atom. The van der Waals surface area contributed by atoms with Crippen LogP contribution in [0.15, 0.2) is 47.6 Å². The molecule has 0 spiro atoms. The Morgan fingerprint density at radius 1 is 1.12 bits per heavy atom. The highest BCUT2D eigenvalue weighted by molar-refractivity contribution is 7.99. The molecule has 12 heteroatoms. The number of hydrogen-bond acceptors (Lipinski definition) is 7. The molecule has 3 aromatic rings. The molecule has 0 aliphatic carbocycles. The van der Waals surface area contributed by atoms with Gasteiger partial charge in [-0.15, -0.1) is 10.2 Å². The predicted molar refractivity (Wildman–Crippen MR) is 123 cm³/mol. The summed E-state index contributed by atoms with van der Waals surface area (Å²) in [7, 11) is 3.27. The zero-order valence-electron chi connectivity index (χ0n) is 17.7. The topological polar surface area (TPSA) is 135 Å². The van der Waals surface area contributed by atoms with E-state index in [1.54, 1.807) is 43.0 Å². The van der Waals surface area contributed by atoms with Crippen molar-refractivity contribution < 1.29 is 24.2 Å². The van der Waals surface area contributed by atoms with Gasteiger partial charge < -0.3 is 25.0 Å². The second-order valence-electron chi connectivity index (χ2n) is 6.71. The SMILES string of the molecule is COc1ccc(C(=O)NCc2nnc(SCC(=O)Nc3cc(C(=O)O)ccc3Cl)n2C)cc1. The Hall–Kier alpha value is -3.57. The monoisotopic (exact) mass is 489 g/mol. The van der Waals surface area contributed by atoms with Crippen LogP contribution >= 0.6 is 23.4 Å². The number of amides is 2. The number of rotatable bonds is 9. The smallest absolute Gasteiger partial charge is 0.335 e. The first-order chi connectivity index (χ1) is 15.8. The van der Waals surface area contributed by atoms with Gasteiger partial charge in [-0.1, -0.05) is 23.4 Å². The number of ether oxygens (including phenoxy) is 1. The number of nitrogens with one attached hydrogen (secondary N) is 2. The number of halogens is 1. The van der Waals surface area contributed by atoms with Crippen molar-refractivity contribution in [3.05, 3.63) is 64.4 Å². The van der Waals surface area contributed by atoms with Crippen LogP contribution in [0.5, 0.6) is 5.75 Å². The summed E-state index contributed by atoms with van der Waals surface area (Å²) in [6, 6.07) is 10.8. The number of benzene rings is 2. The molecule has 0 saturated carbocycles. The number of aromatic nitrogens is 3. The molecule has 3 N–H and O–H groups in total. The number of anilines is 1. The maximum Gasteiger partial charge on any atom is 0.335 e. The molecule has 1 aromatic heterocycles. The highest BCUT2D eigenvalue weighted by Crippen LogP contribution is 2.24. The third-order valence-corrected chi connectivity index (χ3v) is 5.85. The molecule has 0 saturated heterocycles. The van der Waals surface area contributed by atoms with Crippen LogP contribution in [-0.4, -0.2) is 50.5 Å². The molecule has 0 aliphatic rings. The number of methoxy groups -OCH3 is 1. The van der Waals surface area contributed by atoms with Crippen LogP contribution in [0.4, 0.5) is 5.69 Å². The van der Waals surface area contributed by atoms with E-state index in [1.165, 1.54) is 18.2 Å². The lowest BCUT2D eigenvalue weighted by molar-refractivity contribution is -0.113. The number of nitrogens with zero attached hydrogens (tertiary/aromatic N) is 3. The van der Waals surface area contributed by atoms with Crippen molar-refractivity contribution in [3.8, 4) is 5.75 Å². The number of carbonyl (C=O) groups is 3. The van der Waals surface area contributed by atoms with Gasteiger partial charge >= 0.3 is 5.97 Å². The van der Waals surface area contributed by atoms with Crippen LogP contribution in [0.1, 0.15) is 26.5 Å². The van der Waals surface area contributed by atoms with Gasteiger partial charge in [0.25, 0.3) is 5.91 Å². The van der Waals surface area contributed by atoms with Crippen molar-refractivity contribution in [3.63, 3.8) is 0 Å². The molecule has 2 aromatic carbocycles. The summed E-state index contributed by atoms with van der Waals surface area (Å²) in [5.41, 5.74) is 0.703. The third-order valence-electron chi connectivity index (χ3n) is 4.50. The number of carboxylic acid groups (broad SMARTS) is 1. The largest absolute Gasteiger partial charge is 0.497 e. The summed E-state index contributed by atoms with van der Waals surface area (Å²) in [6.07, 6.45) is 0. The third kappa shape index (κ3) is 6.24. The van der Waals surface area contributed by atoms with Crippen LogP contribution in [0, 0.1) is 0 Å². The molecule has 33 heavy (non-hydrogen) atoms. The Bertz CT molecular complexity index is 1180. The van der Waals surface area contributed by atoms with E-state index in [9.17, 15) is 14.4 Å². The van der Waals surface area contributed by atoms with Crippen LogP contribution in [0.2, 0.25) is 5.02 Å². The molecule has 10 nitrogen and oxygen atoms in total. The van der Waals surface area contributed by atoms with Crippen molar-refractivity contribution in [2.24, 2.45) is 7.05 Å². The molecular weight excluding hydrogens is 470 g/mol. The fourth-order valence-electron chi connectivity index (χ4n) is 2.70. The number of hydrogen-bond donors (Lipinski definition) is 3. The van der Waals surface area contributed by atoms with Crippen LogP contribution < -0.4 is 15.4 Å². The van der Waals surface area contributed by atoms with Gasteiger partial charge in [0.15, 0.2) is 11.0 Å². The van der Waals surface area contributed by atoms with Gasteiger partial charge in [0, 0.05) is 12.6 Å². The summed E-state index contributed by atoms with van der Waals surface area (Å²) >= 11 is 7.17. The van der Waals surface area contributed by atoms with Crippen LogP contribution in [0.3, 0.4) is 0 Å². The van der Waals surface area contributed by atoms with Gasteiger partial charge in [0.2, 0.25) is 5.91 Å². The lowest BCUT2D eigenvalue weighted by Crippen LogP contribution is -2.24. The van der Waals surface area contributed by atoms with E-state index < -0.39 is 5.97 Å². The van der Waals surface area contributed by atoms with E-state index in [2.05, 4.69) is 20.8 Å². The van der Waals surface area contributed by atoms with Crippen molar-refractivity contribution >= 4 is 46.8 Å². The van der Waals surface area contributed by atoms with E-state index in [0.717, 1.165) is 11.8 Å². The van der Waals surface area contributed by atoms with Gasteiger partial charge in [-0.3, -0.25) is 9.59 Å². The summed E-state index contributed by atoms with van der Waals surface area (Å²) in [4.78, 5) is 35.7. The van der Waals surface area contributed by atoms with Crippen molar-refractivity contribution in [1.29, 1.82) is 0 Å². The first kappa shape index (κ1) is 24.1. The number of aromatic carboxylic acids is 1. The second-order valence-corrected chi connectivity index (χ2v) is 8.06. The van der Waals surface area contributed by atoms with E-state index >= 15 is 0 Å². The van der Waals surface area contributed by atoms with Gasteiger partial charge in [-0.05, 0) is 42.5 Å². The van der Waals surface area contributed by atoms with Crippen molar-refractivity contribution in [2.45, 2.75) is 11.7 Å². The minimum absolute atomic E-state index is 0.00217. The average Bonchev–Trinajstić information content (AvgIpc) is 3.16. The van der Waals surface area contributed by atoms with Gasteiger partial charge in [-0.25, -0.2) is 4.79 Å². The first-order valence-corrected chi connectivity index (χ1v) is 10.9. The number of carboxylic acids is 1. The Balaban J connectivity index is 1.54. The van der Waals surface area contributed by atoms with Crippen molar-refractivity contribution in [1.82, 2.24) is 20.1 Å². The van der Waals surface area contributed by atoms with E-state index in [4.69, 9.17) is 21.4 Å². The Morgan fingerprint density at radius 2 is 1.82 bits per heavy atom. The van der Waals surface area contributed by atoms with Crippen LogP contribution in [0.25, 0.3) is 0 Å².